The highest BCUT2D eigenvalue weighted by molar-refractivity contribution is 9.10. The van der Waals surface area contributed by atoms with Crippen molar-refractivity contribution in [3.05, 3.63) is 150 Å². The zero-order valence-corrected chi connectivity index (χ0v) is 26.0. The second-order valence-electron chi connectivity index (χ2n) is 11.1. The van der Waals surface area contributed by atoms with Crippen molar-refractivity contribution in [1.82, 2.24) is 15.0 Å². The van der Waals surface area contributed by atoms with Crippen LogP contribution in [0, 0.1) is 6.92 Å². The summed E-state index contributed by atoms with van der Waals surface area (Å²) < 4.78 is 7.16. The molecule has 3 heterocycles. The molecule has 0 atom stereocenters. The summed E-state index contributed by atoms with van der Waals surface area (Å²) in [5.41, 5.74) is 12.0. The standard InChI is InChI=1S/C40H26BrN3O/c1-25-7-20-36-33(23-25)38-37(45-36)21-22-42-39(38)30-14-10-27(11-15-30)26-8-12-28(13-9-26)34-24-35(29-16-18-32(41)19-17-29)44-40(43-34)31-5-3-2-4-6-31/h2-24H,1H3. The number of aromatic nitrogens is 3. The molecule has 0 aliphatic carbocycles. The van der Waals surface area contributed by atoms with E-state index < -0.39 is 0 Å². The second kappa shape index (κ2) is 11.3. The average Bonchev–Trinajstić information content (AvgIpc) is 3.47. The van der Waals surface area contributed by atoms with Gasteiger partial charge < -0.3 is 4.42 Å². The maximum absolute atomic E-state index is 6.13. The maximum Gasteiger partial charge on any atom is 0.160 e. The lowest BCUT2D eigenvalue weighted by Gasteiger charge is -2.10. The predicted molar refractivity (Wildman–Crippen MR) is 187 cm³/mol. The fourth-order valence-corrected chi connectivity index (χ4v) is 6.05. The third kappa shape index (κ3) is 5.22. The van der Waals surface area contributed by atoms with Crippen LogP contribution in [0.3, 0.4) is 0 Å². The Kier molecular flexibility index (Phi) is 6.81. The maximum atomic E-state index is 6.13. The van der Waals surface area contributed by atoms with Crippen LogP contribution in [-0.4, -0.2) is 15.0 Å². The van der Waals surface area contributed by atoms with Crippen LogP contribution in [0.15, 0.2) is 149 Å². The zero-order chi connectivity index (χ0) is 30.3. The number of rotatable bonds is 5. The van der Waals surface area contributed by atoms with Crippen molar-refractivity contribution in [2.24, 2.45) is 0 Å². The SMILES string of the molecule is Cc1ccc2oc3ccnc(-c4ccc(-c5ccc(-c6cc(-c7ccc(Br)cc7)nc(-c7ccccc7)n6)cc5)cc4)c3c2c1. The topological polar surface area (TPSA) is 51.8 Å². The van der Waals surface area contributed by atoms with E-state index in [1.165, 1.54) is 5.56 Å². The number of pyridine rings is 1. The molecule has 0 fully saturated rings. The van der Waals surface area contributed by atoms with Gasteiger partial charge in [-0.1, -0.05) is 119 Å². The minimum Gasteiger partial charge on any atom is -0.456 e. The summed E-state index contributed by atoms with van der Waals surface area (Å²) in [7, 11) is 0. The van der Waals surface area contributed by atoms with Gasteiger partial charge in [0.2, 0.25) is 0 Å². The minimum atomic E-state index is 0.704. The summed E-state index contributed by atoms with van der Waals surface area (Å²) in [6, 6.07) is 45.8. The molecule has 4 nitrogen and oxygen atoms in total. The van der Waals surface area contributed by atoms with Crippen LogP contribution >= 0.6 is 15.9 Å². The van der Waals surface area contributed by atoms with Crippen LogP contribution in [0.5, 0.6) is 0 Å². The van der Waals surface area contributed by atoms with E-state index in [4.69, 9.17) is 19.4 Å². The van der Waals surface area contributed by atoms with Gasteiger partial charge in [-0.25, -0.2) is 9.97 Å². The first kappa shape index (κ1) is 27.2. The summed E-state index contributed by atoms with van der Waals surface area (Å²) in [6.07, 6.45) is 1.82. The molecule has 45 heavy (non-hydrogen) atoms. The molecule has 5 heteroatoms. The van der Waals surface area contributed by atoms with Gasteiger partial charge in [-0.3, -0.25) is 4.98 Å². The lowest BCUT2D eigenvalue weighted by molar-refractivity contribution is 0.668. The van der Waals surface area contributed by atoms with Crippen LogP contribution in [-0.2, 0) is 0 Å². The van der Waals surface area contributed by atoms with Gasteiger partial charge in [0.15, 0.2) is 5.82 Å². The number of fused-ring (bicyclic) bond motifs is 3. The molecule has 0 bridgehead atoms. The molecule has 0 saturated carbocycles. The van der Waals surface area contributed by atoms with Crippen molar-refractivity contribution >= 4 is 37.9 Å². The molecular formula is C40H26BrN3O. The Morgan fingerprint density at radius 2 is 1.13 bits per heavy atom. The van der Waals surface area contributed by atoms with Gasteiger partial charge in [0.1, 0.15) is 11.2 Å². The molecule has 5 aromatic carbocycles. The summed E-state index contributed by atoms with van der Waals surface area (Å²) >= 11 is 3.54. The number of aryl methyl sites for hydroxylation is 1. The number of benzene rings is 5. The van der Waals surface area contributed by atoms with E-state index in [1.807, 2.05) is 60.8 Å². The molecule has 0 radical (unpaired) electrons. The number of nitrogens with zero attached hydrogens (tertiary/aromatic N) is 3. The third-order valence-corrected chi connectivity index (χ3v) is 8.64. The van der Waals surface area contributed by atoms with E-state index >= 15 is 0 Å². The summed E-state index contributed by atoms with van der Waals surface area (Å²) in [5.74, 6) is 0.704. The van der Waals surface area contributed by atoms with Gasteiger partial charge in [-0.05, 0) is 54.4 Å². The van der Waals surface area contributed by atoms with E-state index in [9.17, 15) is 0 Å². The van der Waals surface area contributed by atoms with Crippen LogP contribution in [0.2, 0.25) is 0 Å². The predicted octanol–water partition coefficient (Wildman–Crippen LogP) is 11.2. The van der Waals surface area contributed by atoms with E-state index in [2.05, 4.69) is 102 Å². The summed E-state index contributed by atoms with van der Waals surface area (Å²) in [4.78, 5) is 14.7. The monoisotopic (exact) mass is 643 g/mol. The Bertz CT molecular complexity index is 2310. The molecule has 0 spiro atoms. The Labute approximate surface area is 269 Å². The molecule has 0 aliphatic heterocycles. The molecule has 0 amide bonds. The van der Waals surface area contributed by atoms with Crippen LogP contribution in [0.25, 0.3) is 78.2 Å². The van der Waals surface area contributed by atoms with E-state index in [0.29, 0.717) is 5.82 Å². The average molecular weight is 645 g/mol. The van der Waals surface area contributed by atoms with Crippen molar-refractivity contribution in [2.45, 2.75) is 6.92 Å². The Hall–Kier alpha value is -5.39. The highest BCUT2D eigenvalue weighted by Crippen LogP contribution is 2.36. The van der Waals surface area contributed by atoms with Gasteiger partial charge in [0.25, 0.3) is 0 Å². The largest absolute Gasteiger partial charge is 0.456 e. The molecular weight excluding hydrogens is 618 g/mol. The Balaban J connectivity index is 1.13. The van der Waals surface area contributed by atoms with Crippen molar-refractivity contribution < 1.29 is 4.42 Å². The van der Waals surface area contributed by atoms with Gasteiger partial charge in [-0.15, -0.1) is 0 Å². The van der Waals surface area contributed by atoms with Crippen LogP contribution in [0.4, 0.5) is 0 Å². The first-order valence-electron chi connectivity index (χ1n) is 14.8. The fourth-order valence-electron chi connectivity index (χ4n) is 5.79. The second-order valence-corrected chi connectivity index (χ2v) is 12.0. The van der Waals surface area contributed by atoms with Gasteiger partial charge in [-0.2, -0.15) is 0 Å². The fraction of sp³-hybridized carbons (Fsp3) is 0.0250. The van der Waals surface area contributed by atoms with Gasteiger partial charge >= 0.3 is 0 Å². The summed E-state index contributed by atoms with van der Waals surface area (Å²) in [6.45, 7) is 2.10. The third-order valence-electron chi connectivity index (χ3n) is 8.11. The minimum absolute atomic E-state index is 0.704. The lowest BCUT2D eigenvalue weighted by atomic mass is 9.99. The molecule has 0 unspecified atom stereocenters. The first-order valence-corrected chi connectivity index (χ1v) is 15.6. The smallest absolute Gasteiger partial charge is 0.160 e. The number of halogens is 1. The number of hydrogen-bond acceptors (Lipinski definition) is 4. The first-order chi connectivity index (χ1) is 22.1. The zero-order valence-electron chi connectivity index (χ0n) is 24.4. The summed E-state index contributed by atoms with van der Waals surface area (Å²) in [5, 5.41) is 2.15. The van der Waals surface area contributed by atoms with Crippen molar-refractivity contribution in [1.29, 1.82) is 0 Å². The molecule has 3 aromatic heterocycles. The van der Waals surface area contributed by atoms with E-state index in [0.717, 1.165) is 76.9 Å². The Morgan fingerprint density at radius 1 is 0.533 bits per heavy atom. The molecule has 0 saturated heterocycles. The van der Waals surface area contributed by atoms with Crippen molar-refractivity contribution in [2.75, 3.05) is 0 Å². The number of furan rings is 1. The van der Waals surface area contributed by atoms with Gasteiger partial charge in [0, 0.05) is 38.3 Å². The highest BCUT2D eigenvalue weighted by Gasteiger charge is 2.15. The van der Waals surface area contributed by atoms with Crippen molar-refractivity contribution in [3.8, 4) is 56.3 Å². The molecule has 214 valence electrons. The van der Waals surface area contributed by atoms with Gasteiger partial charge in [0.05, 0.1) is 22.5 Å². The molecule has 8 rings (SSSR count). The Morgan fingerprint density at radius 3 is 1.80 bits per heavy atom. The van der Waals surface area contributed by atoms with E-state index in [1.54, 1.807) is 0 Å². The molecule has 8 aromatic rings. The number of hydrogen-bond donors (Lipinski definition) is 0. The quantitative estimate of drug-likeness (QED) is 0.187. The highest BCUT2D eigenvalue weighted by atomic mass is 79.9. The van der Waals surface area contributed by atoms with Crippen LogP contribution in [0.1, 0.15) is 5.56 Å². The normalized spacial score (nSPS) is 11.3. The van der Waals surface area contributed by atoms with Crippen molar-refractivity contribution in [3.63, 3.8) is 0 Å². The lowest BCUT2D eigenvalue weighted by Crippen LogP contribution is -1.95. The van der Waals surface area contributed by atoms with Crippen LogP contribution < -0.4 is 0 Å². The van der Waals surface area contributed by atoms with E-state index in [-0.39, 0.29) is 0 Å². The molecule has 0 N–H and O–H groups in total. The molecule has 0 aliphatic rings.